The third kappa shape index (κ3) is 5.03. The lowest BCUT2D eigenvalue weighted by Gasteiger charge is -2.26. The van der Waals surface area contributed by atoms with E-state index in [4.69, 9.17) is 4.74 Å². The molecule has 4 rings (SSSR count). The fraction of sp³-hybridized carbons (Fsp3) is 0.174. The molecule has 0 spiro atoms. The number of benzene rings is 3. The lowest BCUT2D eigenvalue weighted by molar-refractivity contribution is 0.248. The number of amides is 2. The highest BCUT2D eigenvalue weighted by Crippen LogP contribution is 2.31. The first-order valence-corrected chi connectivity index (χ1v) is 11.4. The van der Waals surface area contributed by atoms with E-state index in [-0.39, 0.29) is 29.1 Å². The van der Waals surface area contributed by atoms with E-state index < -0.39 is 15.9 Å². The highest BCUT2D eigenvalue weighted by Gasteiger charge is 2.30. The molecule has 8 heteroatoms. The molecule has 3 aromatic rings. The first-order valence-electron chi connectivity index (χ1n) is 9.77. The number of sulfone groups is 1. The average molecular weight is 440 g/mol. The van der Waals surface area contributed by atoms with E-state index in [1.807, 2.05) is 6.07 Å². The maximum atomic E-state index is 13.3. The largest absolute Gasteiger partial charge is 0.489 e. The van der Waals surface area contributed by atoms with Crippen LogP contribution in [0.25, 0.3) is 0 Å². The molecule has 0 aromatic heterocycles. The Morgan fingerprint density at radius 3 is 2.68 bits per heavy atom. The first kappa shape index (κ1) is 20.9. The number of nitrogens with one attached hydrogen (secondary N) is 2. The van der Waals surface area contributed by atoms with Crippen molar-refractivity contribution in [2.24, 2.45) is 0 Å². The maximum Gasteiger partial charge on any atom is 0.319 e. The Morgan fingerprint density at radius 2 is 1.84 bits per heavy atom. The summed E-state index contributed by atoms with van der Waals surface area (Å²) < 4.78 is 43.4. The van der Waals surface area contributed by atoms with Crippen molar-refractivity contribution in [3.63, 3.8) is 0 Å². The molecule has 3 aromatic carbocycles. The number of carbonyl (C=O) groups is 1. The minimum atomic E-state index is -3.32. The highest BCUT2D eigenvalue weighted by molar-refractivity contribution is 7.91. The van der Waals surface area contributed by atoms with Crippen LogP contribution in [0.2, 0.25) is 0 Å². The number of carbonyl (C=O) groups excluding carboxylic acids is 1. The molecule has 31 heavy (non-hydrogen) atoms. The van der Waals surface area contributed by atoms with Crippen LogP contribution in [0.4, 0.5) is 14.9 Å². The van der Waals surface area contributed by atoms with Gasteiger partial charge in [0, 0.05) is 11.8 Å². The summed E-state index contributed by atoms with van der Waals surface area (Å²) in [6.45, 7) is 0.217. The van der Waals surface area contributed by atoms with Crippen molar-refractivity contribution < 1.29 is 22.3 Å². The second-order valence-electron chi connectivity index (χ2n) is 7.24. The summed E-state index contributed by atoms with van der Waals surface area (Å²) in [6.07, 6.45) is 0.314. The molecule has 0 aliphatic carbocycles. The van der Waals surface area contributed by atoms with E-state index in [1.165, 1.54) is 12.1 Å². The predicted molar refractivity (Wildman–Crippen MR) is 115 cm³/mol. The Kier molecular flexibility index (Phi) is 5.90. The van der Waals surface area contributed by atoms with E-state index in [0.717, 1.165) is 5.56 Å². The van der Waals surface area contributed by atoms with Gasteiger partial charge in [-0.2, -0.15) is 0 Å². The lowest BCUT2D eigenvalue weighted by Crippen LogP contribution is -2.36. The van der Waals surface area contributed by atoms with Crippen LogP contribution in [0, 0.1) is 5.82 Å². The Hall–Kier alpha value is -3.39. The molecule has 0 saturated heterocycles. The van der Waals surface area contributed by atoms with Gasteiger partial charge in [0.05, 0.1) is 16.7 Å². The molecule has 1 unspecified atom stereocenters. The monoisotopic (exact) mass is 440 g/mol. The molecule has 1 heterocycles. The van der Waals surface area contributed by atoms with Gasteiger partial charge in [0.1, 0.15) is 18.2 Å². The SMILES string of the molecule is O=C(Nc1cccc(COc2cccc(F)c2)c1)NC1CCS(=O)(=O)c2ccccc21. The van der Waals surface area contributed by atoms with E-state index in [1.54, 1.807) is 54.6 Å². The summed E-state index contributed by atoms with van der Waals surface area (Å²) in [7, 11) is -3.32. The zero-order valence-corrected chi connectivity index (χ0v) is 17.4. The fourth-order valence-corrected chi connectivity index (χ4v) is 5.15. The number of hydrogen-bond donors (Lipinski definition) is 2. The topological polar surface area (TPSA) is 84.5 Å². The summed E-state index contributed by atoms with van der Waals surface area (Å²) in [6, 6.07) is 18.9. The molecule has 0 radical (unpaired) electrons. The summed E-state index contributed by atoms with van der Waals surface area (Å²) in [5.41, 5.74) is 1.96. The number of fused-ring (bicyclic) bond motifs is 1. The molecular weight excluding hydrogens is 419 g/mol. The number of hydrogen-bond acceptors (Lipinski definition) is 4. The molecule has 0 saturated carbocycles. The van der Waals surface area contributed by atoms with Gasteiger partial charge in [0.2, 0.25) is 0 Å². The fourth-order valence-electron chi connectivity index (χ4n) is 3.53. The summed E-state index contributed by atoms with van der Waals surface area (Å²) >= 11 is 0. The Bertz CT molecular complexity index is 1210. The van der Waals surface area contributed by atoms with Gasteiger partial charge >= 0.3 is 6.03 Å². The van der Waals surface area contributed by atoms with Crippen molar-refractivity contribution in [3.05, 3.63) is 89.7 Å². The van der Waals surface area contributed by atoms with Crippen molar-refractivity contribution in [2.75, 3.05) is 11.1 Å². The van der Waals surface area contributed by atoms with Gasteiger partial charge in [-0.05, 0) is 47.9 Å². The molecule has 2 amide bonds. The number of halogens is 1. The second kappa shape index (κ2) is 8.77. The number of urea groups is 1. The van der Waals surface area contributed by atoms with Crippen LogP contribution in [0.3, 0.4) is 0 Å². The average Bonchev–Trinajstić information content (AvgIpc) is 2.75. The van der Waals surface area contributed by atoms with Crippen LogP contribution >= 0.6 is 0 Å². The first-order chi connectivity index (χ1) is 14.9. The van der Waals surface area contributed by atoms with Gasteiger partial charge < -0.3 is 15.4 Å². The summed E-state index contributed by atoms with van der Waals surface area (Å²) in [4.78, 5) is 12.8. The Morgan fingerprint density at radius 1 is 1.03 bits per heavy atom. The molecule has 0 fully saturated rings. The van der Waals surface area contributed by atoms with Crippen LogP contribution in [0.1, 0.15) is 23.6 Å². The van der Waals surface area contributed by atoms with Crippen LogP contribution in [-0.4, -0.2) is 20.2 Å². The standard InChI is InChI=1S/C23H21FN2O4S/c24-17-6-4-8-19(14-17)30-15-16-5-3-7-18(13-16)25-23(27)26-21-11-12-31(28,29)22-10-2-1-9-20(21)22/h1-10,13-14,21H,11-12,15H2,(H2,25,26,27). The molecule has 1 atom stereocenters. The number of ether oxygens (including phenoxy) is 1. The molecule has 0 bridgehead atoms. The van der Waals surface area contributed by atoms with E-state index in [2.05, 4.69) is 10.6 Å². The van der Waals surface area contributed by atoms with Crippen molar-refractivity contribution in [1.29, 1.82) is 0 Å². The van der Waals surface area contributed by atoms with Gasteiger partial charge in [0.25, 0.3) is 0 Å². The van der Waals surface area contributed by atoms with Crippen molar-refractivity contribution in [2.45, 2.75) is 24.0 Å². The van der Waals surface area contributed by atoms with Gasteiger partial charge in [-0.3, -0.25) is 0 Å². The Balaban J connectivity index is 1.40. The van der Waals surface area contributed by atoms with E-state index >= 15 is 0 Å². The van der Waals surface area contributed by atoms with Gasteiger partial charge in [-0.1, -0.05) is 36.4 Å². The molecule has 1 aliphatic heterocycles. The van der Waals surface area contributed by atoms with Crippen molar-refractivity contribution in [3.8, 4) is 5.75 Å². The normalized spacial score (nSPS) is 16.7. The molecule has 2 N–H and O–H groups in total. The van der Waals surface area contributed by atoms with Gasteiger partial charge in [-0.15, -0.1) is 0 Å². The number of anilines is 1. The molecule has 160 valence electrons. The zero-order chi connectivity index (χ0) is 21.8. The molecular formula is C23H21FN2O4S. The Labute approximate surface area is 180 Å². The number of rotatable bonds is 5. The summed E-state index contributed by atoms with van der Waals surface area (Å²) in [5, 5.41) is 5.63. The molecule has 1 aliphatic rings. The minimum absolute atomic E-state index is 0.0120. The van der Waals surface area contributed by atoms with Gasteiger partial charge in [-0.25, -0.2) is 17.6 Å². The third-order valence-electron chi connectivity index (χ3n) is 5.00. The zero-order valence-electron chi connectivity index (χ0n) is 16.5. The van der Waals surface area contributed by atoms with E-state index in [9.17, 15) is 17.6 Å². The maximum absolute atomic E-state index is 13.3. The van der Waals surface area contributed by atoms with E-state index in [0.29, 0.717) is 23.4 Å². The van der Waals surface area contributed by atoms with Crippen LogP contribution in [0.5, 0.6) is 5.75 Å². The van der Waals surface area contributed by atoms with Crippen molar-refractivity contribution >= 4 is 21.6 Å². The van der Waals surface area contributed by atoms with Crippen LogP contribution in [0.15, 0.2) is 77.7 Å². The van der Waals surface area contributed by atoms with Crippen LogP contribution in [-0.2, 0) is 16.4 Å². The van der Waals surface area contributed by atoms with Gasteiger partial charge in [0.15, 0.2) is 9.84 Å². The molecule has 6 nitrogen and oxygen atoms in total. The lowest BCUT2D eigenvalue weighted by atomic mass is 10.0. The third-order valence-corrected chi connectivity index (χ3v) is 6.81. The minimum Gasteiger partial charge on any atom is -0.489 e. The second-order valence-corrected chi connectivity index (χ2v) is 9.32. The highest BCUT2D eigenvalue weighted by atomic mass is 32.2. The predicted octanol–water partition coefficient (Wildman–Crippen LogP) is 4.44. The van der Waals surface area contributed by atoms with Crippen LogP contribution < -0.4 is 15.4 Å². The quantitative estimate of drug-likeness (QED) is 0.614. The van der Waals surface area contributed by atoms with Crippen molar-refractivity contribution in [1.82, 2.24) is 5.32 Å². The smallest absolute Gasteiger partial charge is 0.319 e. The summed E-state index contributed by atoms with van der Waals surface area (Å²) in [5.74, 6) is 0.0330.